The summed E-state index contributed by atoms with van der Waals surface area (Å²) in [4.78, 5) is 25.2. The van der Waals surface area contributed by atoms with Gasteiger partial charge in [-0.2, -0.15) is 0 Å². The molecule has 3 rings (SSSR count). The molecule has 1 aliphatic heterocycles. The maximum atomic E-state index is 12.6. The average molecular weight is 398 g/mol. The zero-order valence-electron chi connectivity index (χ0n) is 16.5. The van der Waals surface area contributed by atoms with Crippen LogP contribution in [0.2, 0.25) is 0 Å². The number of para-hydroxylation sites is 1. The van der Waals surface area contributed by atoms with Crippen molar-refractivity contribution in [2.24, 2.45) is 0 Å². The standard InChI is InChI=1S/C22H26N2O5/c1-27-13-14-29-17-10-8-16(9-11-17)21(25)24-20-7-3-2-6-19(20)22(26)23-15-18-5-4-12-28-18/h2-3,6-11,18H,4-5,12-15H2,1H3,(H,23,26)(H,24,25). The molecule has 7 nitrogen and oxygen atoms in total. The molecule has 2 aromatic carbocycles. The van der Waals surface area contributed by atoms with E-state index in [1.807, 2.05) is 0 Å². The summed E-state index contributed by atoms with van der Waals surface area (Å²) in [6.45, 7) is 2.14. The molecule has 0 saturated carbocycles. The number of rotatable bonds is 9. The van der Waals surface area contributed by atoms with Gasteiger partial charge >= 0.3 is 0 Å². The van der Waals surface area contributed by atoms with Gasteiger partial charge in [0.1, 0.15) is 12.4 Å². The van der Waals surface area contributed by atoms with Crippen molar-refractivity contribution in [3.8, 4) is 5.75 Å². The molecule has 154 valence electrons. The van der Waals surface area contributed by atoms with Crippen molar-refractivity contribution in [1.29, 1.82) is 0 Å². The molecule has 1 unspecified atom stereocenters. The van der Waals surface area contributed by atoms with E-state index < -0.39 is 0 Å². The minimum absolute atomic E-state index is 0.0605. The Morgan fingerprint density at radius 1 is 1.07 bits per heavy atom. The van der Waals surface area contributed by atoms with Crippen LogP contribution in [0.3, 0.4) is 0 Å². The molecule has 1 heterocycles. The van der Waals surface area contributed by atoms with Gasteiger partial charge < -0.3 is 24.8 Å². The highest BCUT2D eigenvalue weighted by atomic mass is 16.5. The van der Waals surface area contributed by atoms with Crippen LogP contribution in [0.4, 0.5) is 5.69 Å². The van der Waals surface area contributed by atoms with Gasteiger partial charge in [-0.15, -0.1) is 0 Å². The number of amides is 2. The van der Waals surface area contributed by atoms with E-state index in [0.717, 1.165) is 19.4 Å². The molecule has 0 radical (unpaired) electrons. The summed E-state index contributed by atoms with van der Waals surface area (Å²) >= 11 is 0. The first kappa shape index (κ1) is 20.8. The molecule has 0 bridgehead atoms. The fourth-order valence-corrected chi connectivity index (χ4v) is 3.04. The van der Waals surface area contributed by atoms with Crippen molar-refractivity contribution >= 4 is 17.5 Å². The Morgan fingerprint density at radius 3 is 2.59 bits per heavy atom. The van der Waals surface area contributed by atoms with E-state index in [-0.39, 0.29) is 17.9 Å². The zero-order valence-corrected chi connectivity index (χ0v) is 16.5. The molecule has 0 aliphatic carbocycles. The van der Waals surface area contributed by atoms with Crippen LogP contribution in [-0.2, 0) is 9.47 Å². The van der Waals surface area contributed by atoms with Gasteiger partial charge in [0, 0.05) is 25.8 Å². The highest BCUT2D eigenvalue weighted by Gasteiger charge is 2.18. The Bertz CT molecular complexity index is 816. The highest BCUT2D eigenvalue weighted by molar-refractivity contribution is 6.09. The van der Waals surface area contributed by atoms with Crippen LogP contribution in [0, 0.1) is 0 Å². The largest absolute Gasteiger partial charge is 0.491 e. The quantitative estimate of drug-likeness (QED) is 0.635. The van der Waals surface area contributed by atoms with E-state index >= 15 is 0 Å². The van der Waals surface area contributed by atoms with Gasteiger partial charge in [0.15, 0.2) is 0 Å². The number of carbonyl (C=O) groups excluding carboxylic acids is 2. The molecule has 1 atom stereocenters. The van der Waals surface area contributed by atoms with Gasteiger partial charge in [-0.1, -0.05) is 12.1 Å². The average Bonchev–Trinajstić information content (AvgIpc) is 3.27. The topological polar surface area (TPSA) is 85.9 Å². The normalized spacial score (nSPS) is 15.7. The predicted molar refractivity (Wildman–Crippen MR) is 110 cm³/mol. The molecule has 0 aromatic heterocycles. The first-order valence-corrected chi connectivity index (χ1v) is 9.69. The van der Waals surface area contributed by atoms with Crippen molar-refractivity contribution in [2.45, 2.75) is 18.9 Å². The molecule has 0 spiro atoms. The molecular weight excluding hydrogens is 372 g/mol. The molecule has 1 aliphatic rings. The Morgan fingerprint density at radius 2 is 1.86 bits per heavy atom. The number of ether oxygens (including phenoxy) is 3. The van der Waals surface area contributed by atoms with E-state index in [0.29, 0.717) is 42.3 Å². The lowest BCUT2D eigenvalue weighted by atomic mass is 10.1. The van der Waals surface area contributed by atoms with Gasteiger partial charge in [-0.05, 0) is 49.2 Å². The first-order chi connectivity index (χ1) is 14.2. The number of hydrogen-bond donors (Lipinski definition) is 2. The third-order valence-electron chi connectivity index (χ3n) is 4.61. The lowest BCUT2D eigenvalue weighted by molar-refractivity contribution is 0.0858. The van der Waals surface area contributed by atoms with Crippen LogP contribution in [0.25, 0.3) is 0 Å². The van der Waals surface area contributed by atoms with Gasteiger partial charge in [0.05, 0.1) is 24.0 Å². The second-order valence-electron chi connectivity index (χ2n) is 6.71. The summed E-state index contributed by atoms with van der Waals surface area (Å²) in [6, 6.07) is 13.8. The first-order valence-electron chi connectivity index (χ1n) is 9.69. The molecule has 2 amide bonds. The highest BCUT2D eigenvalue weighted by Crippen LogP contribution is 2.18. The minimum Gasteiger partial charge on any atom is -0.491 e. The van der Waals surface area contributed by atoms with Gasteiger partial charge in [-0.3, -0.25) is 9.59 Å². The SMILES string of the molecule is COCCOc1ccc(C(=O)Nc2ccccc2C(=O)NCC2CCCO2)cc1. The molecule has 1 fully saturated rings. The number of hydrogen-bond acceptors (Lipinski definition) is 5. The van der Waals surface area contributed by atoms with E-state index in [4.69, 9.17) is 14.2 Å². The molecule has 1 saturated heterocycles. The van der Waals surface area contributed by atoms with Gasteiger partial charge in [-0.25, -0.2) is 0 Å². The Balaban J connectivity index is 1.60. The lowest BCUT2D eigenvalue weighted by Crippen LogP contribution is -2.32. The second kappa shape index (κ2) is 10.6. The van der Waals surface area contributed by atoms with E-state index in [9.17, 15) is 9.59 Å². The van der Waals surface area contributed by atoms with Crippen LogP contribution in [0.5, 0.6) is 5.75 Å². The third kappa shape index (κ3) is 6.04. The molecule has 2 N–H and O–H groups in total. The Hall–Kier alpha value is -2.90. The fourth-order valence-electron chi connectivity index (χ4n) is 3.04. The molecule has 29 heavy (non-hydrogen) atoms. The smallest absolute Gasteiger partial charge is 0.255 e. The number of carbonyl (C=O) groups is 2. The van der Waals surface area contributed by atoms with Crippen molar-refractivity contribution in [1.82, 2.24) is 5.32 Å². The zero-order chi connectivity index (χ0) is 20.5. The number of anilines is 1. The second-order valence-corrected chi connectivity index (χ2v) is 6.71. The maximum Gasteiger partial charge on any atom is 0.255 e. The van der Waals surface area contributed by atoms with Gasteiger partial charge in [0.25, 0.3) is 11.8 Å². The van der Waals surface area contributed by atoms with Crippen molar-refractivity contribution in [2.75, 3.05) is 38.8 Å². The Labute approximate surface area is 170 Å². The summed E-state index contributed by atoms with van der Waals surface area (Å²) in [5.41, 5.74) is 1.35. The summed E-state index contributed by atoms with van der Waals surface area (Å²) in [5.74, 6) is 0.124. The monoisotopic (exact) mass is 398 g/mol. The van der Waals surface area contributed by atoms with Crippen LogP contribution >= 0.6 is 0 Å². The van der Waals surface area contributed by atoms with E-state index in [1.54, 1.807) is 55.6 Å². The molecule has 2 aromatic rings. The summed E-state index contributed by atoms with van der Waals surface area (Å²) in [5, 5.41) is 5.70. The molecular formula is C22H26N2O5. The minimum atomic E-state index is -0.298. The van der Waals surface area contributed by atoms with Gasteiger partial charge in [0.2, 0.25) is 0 Å². The van der Waals surface area contributed by atoms with Crippen LogP contribution < -0.4 is 15.4 Å². The van der Waals surface area contributed by atoms with Crippen molar-refractivity contribution in [3.63, 3.8) is 0 Å². The predicted octanol–water partition coefficient (Wildman–Crippen LogP) is 2.87. The third-order valence-corrected chi connectivity index (χ3v) is 4.61. The number of benzene rings is 2. The number of methoxy groups -OCH3 is 1. The molecule has 7 heteroatoms. The summed E-state index contributed by atoms with van der Waals surface area (Å²) in [6.07, 6.45) is 2.03. The van der Waals surface area contributed by atoms with Crippen LogP contribution in [0.1, 0.15) is 33.6 Å². The summed E-state index contributed by atoms with van der Waals surface area (Å²) in [7, 11) is 1.61. The maximum absolute atomic E-state index is 12.6. The van der Waals surface area contributed by atoms with Crippen LogP contribution in [0.15, 0.2) is 48.5 Å². The van der Waals surface area contributed by atoms with Crippen molar-refractivity contribution in [3.05, 3.63) is 59.7 Å². The number of nitrogens with one attached hydrogen (secondary N) is 2. The van der Waals surface area contributed by atoms with E-state index in [2.05, 4.69) is 10.6 Å². The van der Waals surface area contributed by atoms with Crippen molar-refractivity contribution < 1.29 is 23.8 Å². The Kier molecular flexibility index (Phi) is 7.61. The van der Waals surface area contributed by atoms with Crippen LogP contribution in [-0.4, -0.2) is 51.4 Å². The lowest BCUT2D eigenvalue weighted by Gasteiger charge is -2.14. The summed E-state index contributed by atoms with van der Waals surface area (Å²) < 4.78 is 16.0. The fraction of sp³-hybridized carbons (Fsp3) is 0.364. The van der Waals surface area contributed by atoms with E-state index in [1.165, 1.54) is 0 Å².